The molecule has 1 aliphatic heterocycles. The van der Waals surface area contributed by atoms with E-state index in [0.29, 0.717) is 22.2 Å². The van der Waals surface area contributed by atoms with Gasteiger partial charge in [0.15, 0.2) is 0 Å². The van der Waals surface area contributed by atoms with Crippen molar-refractivity contribution >= 4 is 39.1 Å². The normalized spacial score (nSPS) is 21.2. The van der Waals surface area contributed by atoms with Crippen molar-refractivity contribution in [2.24, 2.45) is 0 Å². The SMILES string of the molecule is OC1CC(c2ccc(Br)cc2Cl)Oc2ccc(Cl)cc21. The van der Waals surface area contributed by atoms with Crippen LogP contribution in [0.5, 0.6) is 5.75 Å². The lowest BCUT2D eigenvalue weighted by molar-refractivity contribution is 0.0658. The maximum atomic E-state index is 10.3. The summed E-state index contributed by atoms with van der Waals surface area (Å²) in [5.74, 6) is 0.650. The Hall–Kier alpha value is -0.740. The Labute approximate surface area is 135 Å². The lowest BCUT2D eigenvalue weighted by atomic mass is 9.95. The number of hydrogen-bond donors (Lipinski definition) is 1. The molecule has 5 heteroatoms. The number of hydrogen-bond acceptors (Lipinski definition) is 2. The summed E-state index contributed by atoms with van der Waals surface area (Å²) in [7, 11) is 0. The number of ether oxygens (including phenoxy) is 1. The fourth-order valence-corrected chi connectivity index (χ4v) is 3.35. The molecule has 0 saturated heterocycles. The summed E-state index contributed by atoms with van der Waals surface area (Å²) in [6, 6.07) is 10.9. The minimum absolute atomic E-state index is 0.265. The average Bonchev–Trinajstić information content (AvgIpc) is 2.39. The maximum Gasteiger partial charge on any atom is 0.128 e. The van der Waals surface area contributed by atoms with Crippen molar-refractivity contribution in [2.75, 3.05) is 0 Å². The molecule has 1 heterocycles. The maximum absolute atomic E-state index is 10.3. The molecule has 0 bridgehead atoms. The lowest BCUT2D eigenvalue weighted by Gasteiger charge is -2.30. The van der Waals surface area contributed by atoms with Gasteiger partial charge in [-0.05, 0) is 30.3 Å². The first-order valence-electron chi connectivity index (χ1n) is 6.13. The van der Waals surface area contributed by atoms with Crippen LogP contribution in [0.2, 0.25) is 10.0 Å². The Kier molecular flexibility index (Phi) is 3.95. The second kappa shape index (κ2) is 5.57. The van der Waals surface area contributed by atoms with E-state index in [9.17, 15) is 5.11 Å². The largest absolute Gasteiger partial charge is 0.485 e. The summed E-state index contributed by atoms with van der Waals surface area (Å²) >= 11 is 15.6. The van der Waals surface area contributed by atoms with Crippen LogP contribution in [-0.2, 0) is 0 Å². The van der Waals surface area contributed by atoms with Crippen molar-refractivity contribution in [1.82, 2.24) is 0 Å². The highest BCUT2D eigenvalue weighted by Crippen LogP contribution is 2.43. The van der Waals surface area contributed by atoms with Gasteiger partial charge in [0.05, 0.1) is 6.10 Å². The van der Waals surface area contributed by atoms with E-state index in [-0.39, 0.29) is 6.10 Å². The van der Waals surface area contributed by atoms with Crippen LogP contribution in [0.3, 0.4) is 0 Å². The van der Waals surface area contributed by atoms with Crippen molar-refractivity contribution in [3.63, 3.8) is 0 Å². The zero-order valence-electron chi connectivity index (χ0n) is 10.3. The van der Waals surface area contributed by atoms with E-state index in [1.807, 2.05) is 18.2 Å². The van der Waals surface area contributed by atoms with Crippen LogP contribution >= 0.6 is 39.1 Å². The van der Waals surface area contributed by atoms with E-state index < -0.39 is 6.10 Å². The van der Waals surface area contributed by atoms with Gasteiger partial charge in [-0.15, -0.1) is 0 Å². The molecule has 2 unspecified atom stereocenters. The van der Waals surface area contributed by atoms with Crippen LogP contribution < -0.4 is 4.74 Å². The third-order valence-corrected chi connectivity index (χ3v) is 4.40. The summed E-state index contributed by atoms with van der Waals surface area (Å²) in [6.45, 7) is 0. The van der Waals surface area contributed by atoms with Gasteiger partial charge in [-0.1, -0.05) is 45.2 Å². The van der Waals surface area contributed by atoms with Crippen molar-refractivity contribution in [2.45, 2.75) is 18.6 Å². The molecule has 0 fully saturated rings. The van der Waals surface area contributed by atoms with Crippen LogP contribution in [-0.4, -0.2) is 5.11 Å². The zero-order chi connectivity index (χ0) is 14.3. The summed E-state index contributed by atoms with van der Waals surface area (Å²) in [6.07, 6.45) is -0.421. The summed E-state index contributed by atoms with van der Waals surface area (Å²) in [5, 5.41) is 11.5. The highest BCUT2D eigenvalue weighted by atomic mass is 79.9. The van der Waals surface area contributed by atoms with Crippen LogP contribution in [0.25, 0.3) is 0 Å². The van der Waals surface area contributed by atoms with Crippen molar-refractivity contribution < 1.29 is 9.84 Å². The monoisotopic (exact) mass is 372 g/mol. The molecule has 0 aliphatic carbocycles. The van der Waals surface area contributed by atoms with Gasteiger partial charge in [0.25, 0.3) is 0 Å². The van der Waals surface area contributed by atoms with Crippen LogP contribution in [0, 0.1) is 0 Å². The zero-order valence-corrected chi connectivity index (χ0v) is 13.4. The molecule has 0 spiro atoms. The Morgan fingerprint density at radius 1 is 1.10 bits per heavy atom. The van der Waals surface area contributed by atoms with Gasteiger partial charge in [-0.25, -0.2) is 0 Å². The fraction of sp³-hybridized carbons (Fsp3) is 0.200. The molecule has 0 radical (unpaired) electrons. The summed E-state index contributed by atoms with van der Waals surface area (Å²) in [4.78, 5) is 0. The molecule has 2 aromatic rings. The Morgan fingerprint density at radius 3 is 2.65 bits per heavy atom. The van der Waals surface area contributed by atoms with Gasteiger partial charge >= 0.3 is 0 Å². The van der Waals surface area contributed by atoms with E-state index in [1.54, 1.807) is 18.2 Å². The predicted molar refractivity (Wildman–Crippen MR) is 83.5 cm³/mol. The van der Waals surface area contributed by atoms with Gasteiger partial charge in [0, 0.05) is 32.1 Å². The first-order valence-corrected chi connectivity index (χ1v) is 7.68. The number of benzene rings is 2. The highest BCUT2D eigenvalue weighted by molar-refractivity contribution is 9.10. The molecule has 0 amide bonds. The van der Waals surface area contributed by atoms with Crippen LogP contribution in [0.4, 0.5) is 0 Å². The lowest BCUT2D eigenvalue weighted by Crippen LogP contribution is -2.19. The number of halogens is 3. The summed E-state index contributed by atoms with van der Waals surface area (Å²) < 4.78 is 6.86. The van der Waals surface area contributed by atoms with E-state index in [1.165, 1.54) is 0 Å². The molecule has 20 heavy (non-hydrogen) atoms. The standard InChI is InChI=1S/C15H11BrCl2O2/c16-8-1-3-10(12(18)5-8)15-7-13(19)11-6-9(17)2-4-14(11)20-15/h1-6,13,15,19H,7H2. The molecule has 1 N–H and O–H groups in total. The van der Waals surface area contributed by atoms with Crippen molar-refractivity contribution in [3.05, 3.63) is 62.0 Å². The van der Waals surface area contributed by atoms with E-state index in [4.69, 9.17) is 27.9 Å². The minimum Gasteiger partial charge on any atom is -0.485 e. The van der Waals surface area contributed by atoms with Gasteiger partial charge in [0.2, 0.25) is 0 Å². The molecule has 104 valence electrons. The molecule has 2 aromatic carbocycles. The molecule has 2 nitrogen and oxygen atoms in total. The number of aliphatic hydroxyl groups excluding tert-OH is 1. The topological polar surface area (TPSA) is 29.5 Å². The molecular formula is C15H11BrCl2O2. The second-order valence-electron chi connectivity index (χ2n) is 4.71. The van der Waals surface area contributed by atoms with Crippen molar-refractivity contribution in [1.29, 1.82) is 0 Å². The van der Waals surface area contributed by atoms with E-state index in [0.717, 1.165) is 15.6 Å². The Bertz CT molecular complexity index is 660. The average molecular weight is 374 g/mol. The molecule has 0 saturated carbocycles. The molecule has 3 rings (SSSR count). The van der Waals surface area contributed by atoms with Crippen molar-refractivity contribution in [3.8, 4) is 5.75 Å². The van der Waals surface area contributed by atoms with Gasteiger partial charge in [0.1, 0.15) is 11.9 Å². The molecule has 0 aromatic heterocycles. The van der Waals surface area contributed by atoms with Crippen LogP contribution in [0.1, 0.15) is 29.8 Å². The fourth-order valence-electron chi connectivity index (χ4n) is 2.37. The molecular weight excluding hydrogens is 363 g/mol. The number of rotatable bonds is 1. The smallest absolute Gasteiger partial charge is 0.128 e. The summed E-state index contributed by atoms with van der Waals surface area (Å²) in [5.41, 5.74) is 1.59. The van der Waals surface area contributed by atoms with Gasteiger partial charge in [-0.2, -0.15) is 0 Å². The van der Waals surface area contributed by atoms with E-state index >= 15 is 0 Å². The third kappa shape index (κ3) is 2.68. The minimum atomic E-state index is -0.609. The highest BCUT2D eigenvalue weighted by Gasteiger charge is 2.29. The molecule has 1 aliphatic rings. The first-order chi connectivity index (χ1) is 9.54. The number of fused-ring (bicyclic) bond motifs is 1. The third-order valence-electron chi connectivity index (χ3n) is 3.35. The van der Waals surface area contributed by atoms with Crippen LogP contribution in [0.15, 0.2) is 40.9 Å². The number of aliphatic hydroxyl groups is 1. The van der Waals surface area contributed by atoms with Gasteiger partial charge in [-0.3, -0.25) is 0 Å². The Balaban J connectivity index is 1.97. The molecule has 2 atom stereocenters. The van der Waals surface area contributed by atoms with E-state index in [2.05, 4.69) is 15.9 Å². The second-order valence-corrected chi connectivity index (χ2v) is 6.47. The predicted octanol–water partition coefficient (Wildman–Crippen LogP) is 5.31. The quantitative estimate of drug-likeness (QED) is 0.733. The first kappa shape index (κ1) is 14.2. The Morgan fingerprint density at radius 2 is 1.90 bits per heavy atom. The van der Waals surface area contributed by atoms with Gasteiger partial charge < -0.3 is 9.84 Å².